The lowest BCUT2D eigenvalue weighted by atomic mass is 10.1. The van der Waals surface area contributed by atoms with E-state index in [1.165, 1.54) is 19.2 Å². The van der Waals surface area contributed by atoms with Gasteiger partial charge in [0.1, 0.15) is 11.6 Å². The van der Waals surface area contributed by atoms with Crippen LogP contribution in [0.25, 0.3) is 0 Å². The lowest BCUT2D eigenvalue weighted by Crippen LogP contribution is -2.28. The number of hydrogen-bond acceptors (Lipinski definition) is 3. The van der Waals surface area contributed by atoms with E-state index in [1.54, 1.807) is 0 Å². The molecular formula is C11H12ClFN2O2. The molecule has 0 aliphatic carbocycles. The lowest BCUT2D eigenvalue weighted by molar-refractivity contribution is -0.119. The number of nitrogens with one attached hydrogen (secondary N) is 1. The van der Waals surface area contributed by atoms with Gasteiger partial charge in [0.25, 0.3) is 0 Å². The van der Waals surface area contributed by atoms with E-state index in [1.807, 2.05) is 0 Å². The summed E-state index contributed by atoms with van der Waals surface area (Å²) in [5, 5.41) is 2.34. The zero-order chi connectivity index (χ0) is 13.0. The molecule has 17 heavy (non-hydrogen) atoms. The molecule has 0 bridgehead atoms. The Kier molecular flexibility index (Phi) is 4.34. The molecule has 1 aromatic carbocycles. The Bertz CT molecular complexity index is 463. The van der Waals surface area contributed by atoms with Crippen molar-refractivity contribution < 1.29 is 13.9 Å². The number of nitrogens with two attached hydrogens (primary N) is 1. The van der Waals surface area contributed by atoms with Crippen molar-refractivity contribution >= 4 is 17.5 Å². The van der Waals surface area contributed by atoms with Crippen LogP contribution in [0, 0.1) is 5.82 Å². The van der Waals surface area contributed by atoms with Crippen LogP contribution in [0.5, 0.6) is 5.75 Å². The molecule has 0 aromatic heterocycles. The van der Waals surface area contributed by atoms with Crippen LogP contribution in [0.15, 0.2) is 24.5 Å². The molecule has 0 aliphatic rings. The summed E-state index contributed by atoms with van der Waals surface area (Å²) in [6, 6.07) is 2.57. The Labute approximate surface area is 103 Å². The van der Waals surface area contributed by atoms with Crippen molar-refractivity contribution in [2.45, 2.75) is 6.42 Å². The van der Waals surface area contributed by atoms with E-state index < -0.39 is 11.7 Å². The summed E-state index contributed by atoms with van der Waals surface area (Å²) >= 11 is 5.90. The zero-order valence-corrected chi connectivity index (χ0v) is 9.97. The second-order valence-electron chi connectivity index (χ2n) is 3.29. The van der Waals surface area contributed by atoms with Gasteiger partial charge in [0, 0.05) is 5.56 Å². The van der Waals surface area contributed by atoms with Gasteiger partial charge in [0.15, 0.2) is 0 Å². The summed E-state index contributed by atoms with van der Waals surface area (Å²) in [7, 11) is 1.41. The average Bonchev–Trinajstić information content (AvgIpc) is 2.23. The fourth-order valence-electron chi connectivity index (χ4n) is 1.28. The first-order valence-electron chi connectivity index (χ1n) is 4.70. The van der Waals surface area contributed by atoms with Gasteiger partial charge in [-0.05, 0) is 12.1 Å². The summed E-state index contributed by atoms with van der Waals surface area (Å²) in [4.78, 5) is 11.4. The molecule has 0 saturated carbocycles. The molecular weight excluding hydrogens is 247 g/mol. The monoisotopic (exact) mass is 258 g/mol. The fraction of sp³-hybridized carbons (Fsp3) is 0.182. The number of rotatable bonds is 4. The van der Waals surface area contributed by atoms with Gasteiger partial charge < -0.3 is 15.8 Å². The van der Waals surface area contributed by atoms with Gasteiger partial charge in [0.2, 0.25) is 5.91 Å². The molecule has 92 valence electrons. The van der Waals surface area contributed by atoms with Crippen molar-refractivity contribution in [2.24, 2.45) is 5.73 Å². The van der Waals surface area contributed by atoms with Crippen LogP contribution >= 0.6 is 11.6 Å². The van der Waals surface area contributed by atoms with Gasteiger partial charge in [-0.3, -0.25) is 4.79 Å². The summed E-state index contributed by atoms with van der Waals surface area (Å²) < 4.78 is 18.4. The van der Waals surface area contributed by atoms with Crippen LogP contribution in [-0.4, -0.2) is 13.0 Å². The molecule has 4 nitrogen and oxygen atoms in total. The maximum Gasteiger partial charge on any atom is 0.230 e. The number of carbonyl (C=O) groups is 1. The number of hydrogen-bond donors (Lipinski definition) is 2. The second kappa shape index (κ2) is 5.54. The van der Waals surface area contributed by atoms with Crippen LogP contribution in [0.4, 0.5) is 4.39 Å². The number of ether oxygens (including phenoxy) is 1. The topological polar surface area (TPSA) is 64.3 Å². The molecule has 0 unspecified atom stereocenters. The van der Waals surface area contributed by atoms with Crippen molar-refractivity contribution in [1.29, 1.82) is 0 Å². The summed E-state index contributed by atoms with van der Waals surface area (Å²) in [5.41, 5.74) is 5.26. The molecule has 0 fully saturated rings. The Hall–Kier alpha value is -1.75. The van der Waals surface area contributed by atoms with Gasteiger partial charge in [-0.1, -0.05) is 18.2 Å². The third-order valence-corrected chi connectivity index (χ3v) is 2.42. The molecule has 0 heterocycles. The molecule has 1 aromatic rings. The first kappa shape index (κ1) is 13.3. The third-order valence-electron chi connectivity index (χ3n) is 2.01. The van der Waals surface area contributed by atoms with E-state index in [4.69, 9.17) is 22.1 Å². The number of carbonyl (C=O) groups excluding carboxylic acids is 1. The molecule has 1 amide bonds. The maximum absolute atomic E-state index is 13.5. The predicted octanol–water partition coefficient (Wildman–Crippen LogP) is 1.58. The molecule has 6 heteroatoms. The first-order chi connectivity index (χ1) is 7.95. The van der Waals surface area contributed by atoms with Gasteiger partial charge in [-0.2, -0.15) is 0 Å². The van der Waals surface area contributed by atoms with Gasteiger partial charge in [-0.25, -0.2) is 4.39 Å². The Morgan fingerprint density at radius 2 is 2.29 bits per heavy atom. The highest BCUT2D eigenvalue weighted by atomic mass is 35.5. The molecule has 1 rings (SSSR count). The van der Waals surface area contributed by atoms with Gasteiger partial charge >= 0.3 is 0 Å². The highest BCUT2D eigenvalue weighted by molar-refractivity contribution is 6.33. The van der Waals surface area contributed by atoms with E-state index in [9.17, 15) is 9.18 Å². The van der Waals surface area contributed by atoms with Crippen LogP contribution < -0.4 is 15.8 Å². The van der Waals surface area contributed by atoms with E-state index in [2.05, 4.69) is 11.9 Å². The van der Waals surface area contributed by atoms with Gasteiger partial charge in [0.05, 0.1) is 24.4 Å². The average molecular weight is 259 g/mol. The zero-order valence-electron chi connectivity index (χ0n) is 9.22. The smallest absolute Gasteiger partial charge is 0.230 e. The van der Waals surface area contributed by atoms with E-state index in [0.717, 1.165) is 0 Å². The second-order valence-corrected chi connectivity index (χ2v) is 3.67. The van der Waals surface area contributed by atoms with Crippen molar-refractivity contribution in [3.8, 4) is 5.75 Å². The molecule has 0 spiro atoms. The third kappa shape index (κ3) is 3.35. The van der Waals surface area contributed by atoms with E-state index in [0.29, 0.717) is 5.75 Å². The number of methoxy groups -OCH3 is 1. The Balaban J connectivity index is 2.97. The highest BCUT2D eigenvalue weighted by Crippen LogP contribution is 2.30. The van der Waals surface area contributed by atoms with Gasteiger partial charge in [-0.15, -0.1) is 0 Å². The largest absolute Gasteiger partial charge is 0.495 e. The molecule has 0 radical (unpaired) electrons. The predicted molar refractivity (Wildman–Crippen MR) is 63.1 cm³/mol. The molecule has 0 atom stereocenters. The van der Waals surface area contributed by atoms with E-state index in [-0.39, 0.29) is 22.8 Å². The number of halogens is 2. The summed E-state index contributed by atoms with van der Waals surface area (Å²) in [6.45, 7) is 3.31. The highest BCUT2D eigenvalue weighted by Gasteiger charge is 2.15. The first-order valence-corrected chi connectivity index (χ1v) is 5.08. The van der Waals surface area contributed by atoms with Crippen LogP contribution in [-0.2, 0) is 11.2 Å². The number of benzene rings is 1. The van der Waals surface area contributed by atoms with Crippen molar-refractivity contribution in [1.82, 2.24) is 5.32 Å². The normalized spacial score (nSPS) is 9.82. The minimum absolute atomic E-state index is 0.00516. The summed E-state index contributed by atoms with van der Waals surface area (Å²) in [5.74, 6) is -0.767. The standard InChI is InChI=1S/C11H12ClFN2O2/c1-6(14)15-10(16)5-7-8(13)3-4-9(17-2)11(7)12/h3-4H,1,5,14H2,2H3,(H,15,16). The van der Waals surface area contributed by atoms with E-state index >= 15 is 0 Å². The van der Waals surface area contributed by atoms with Crippen molar-refractivity contribution in [3.63, 3.8) is 0 Å². The molecule has 0 aliphatic heterocycles. The maximum atomic E-state index is 13.5. The SMILES string of the molecule is C=C(N)NC(=O)Cc1c(F)ccc(OC)c1Cl. The Morgan fingerprint density at radius 3 is 2.82 bits per heavy atom. The number of amides is 1. The molecule has 0 saturated heterocycles. The summed E-state index contributed by atoms with van der Waals surface area (Å²) in [6.07, 6.45) is -0.238. The fourth-order valence-corrected chi connectivity index (χ4v) is 1.58. The van der Waals surface area contributed by atoms with Crippen molar-refractivity contribution in [2.75, 3.05) is 7.11 Å². The van der Waals surface area contributed by atoms with Crippen LogP contribution in [0.3, 0.4) is 0 Å². The minimum Gasteiger partial charge on any atom is -0.495 e. The lowest BCUT2D eigenvalue weighted by Gasteiger charge is -2.10. The Morgan fingerprint density at radius 1 is 1.65 bits per heavy atom. The van der Waals surface area contributed by atoms with Crippen LogP contribution in [0.1, 0.15) is 5.56 Å². The van der Waals surface area contributed by atoms with Crippen molar-refractivity contribution in [3.05, 3.63) is 40.9 Å². The molecule has 3 N–H and O–H groups in total. The minimum atomic E-state index is -0.575. The van der Waals surface area contributed by atoms with Crippen LogP contribution in [0.2, 0.25) is 5.02 Å². The quantitative estimate of drug-likeness (QED) is 0.862.